The zero-order valence-electron chi connectivity index (χ0n) is 39.6. The molecule has 65 heavy (non-hydrogen) atoms. The first-order valence-corrected chi connectivity index (χ1v) is 24.0. The number of ether oxygens (including phenoxy) is 3. The second kappa shape index (κ2) is 29.0. The van der Waals surface area contributed by atoms with Crippen molar-refractivity contribution in [2.24, 2.45) is 17.8 Å². The average Bonchev–Trinajstić information content (AvgIpc) is 3.26. The lowest BCUT2D eigenvalue weighted by Crippen LogP contribution is -2.56. The first-order valence-electron chi connectivity index (χ1n) is 21.4. The van der Waals surface area contributed by atoms with Crippen molar-refractivity contribution in [3.63, 3.8) is 0 Å². The number of carbonyl (C=O) groups is 6. The molecule has 0 aliphatic rings. The molecular weight excluding hydrogens is 921 g/mol. The van der Waals surface area contributed by atoms with E-state index in [4.69, 9.17) is 49.0 Å². The van der Waals surface area contributed by atoms with Crippen molar-refractivity contribution in [3.8, 4) is 6.07 Å². The van der Waals surface area contributed by atoms with Crippen molar-refractivity contribution < 1.29 is 48.1 Å². The summed E-state index contributed by atoms with van der Waals surface area (Å²) < 4.78 is 15.0. The highest BCUT2D eigenvalue weighted by Crippen LogP contribution is 2.27. The van der Waals surface area contributed by atoms with E-state index >= 15 is 0 Å². The van der Waals surface area contributed by atoms with Crippen LogP contribution in [0.25, 0.3) is 0 Å². The minimum absolute atomic E-state index is 0.0344. The highest BCUT2D eigenvalue weighted by Gasteiger charge is 2.36. The number of allylic oxidation sites excluding steroid dienone is 1. The highest BCUT2D eigenvalue weighted by atomic mass is 35.6. The van der Waals surface area contributed by atoms with Gasteiger partial charge in [0.1, 0.15) is 24.7 Å². The third-order valence-corrected chi connectivity index (χ3v) is 11.6. The molecular formula is C46H68Cl3N5O10S. The van der Waals surface area contributed by atoms with Gasteiger partial charge in [0.25, 0.3) is 5.91 Å². The molecule has 0 aliphatic carbocycles. The molecule has 0 spiro atoms. The van der Waals surface area contributed by atoms with E-state index in [0.717, 1.165) is 15.4 Å². The van der Waals surface area contributed by atoms with Gasteiger partial charge in [0.05, 0.1) is 36.3 Å². The molecule has 0 aliphatic heterocycles. The summed E-state index contributed by atoms with van der Waals surface area (Å²) in [5.74, 6) is -4.68. The van der Waals surface area contributed by atoms with E-state index in [0.29, 0.717) is 29.9 Å². The van der Waals surface area contributed by atoms with Crippen molar-refractivity contribution in [1.29, 1.82) is 5.26 Å². The van der Waals surface area contributed by atoms with E-state index in [1.165, 1.54) is 32.8 Å². The number of amides is 4. The van der Waals surface area contributed by atoms with Crippen LogP contribution in [0.5, 0.6) is 0 Å². The predicted molar refractivity (Wildman–Crippen MR) is 255 cm³/mol. The largest absolute Gasteiger partial charge is 0.460 e. The SMILES string of the molecule is C/C=C(\C)[C@@H](O)[C@@H](C)[C@H](C/C=C(\C)C(=O)O[C@H](CC(C)C)C(=O)N[C@@H](C)C(=O)N(C)[C@H](Cc1ccc(C#N)cc1)C(=O)N(C)CC(=O)N[C@H](C(=O)OCC(Cl)(Cl)Cl)[C@H](C)CC)OCSC. The lowest BCUT2D eigenvalue weighted by molar-refractivity contribution is -0.154. The number of esters is 2. The molecule has 1 aromatic rings. The predicted octanol–water partition coefficient (Wildman–Crippen LogP) is 6.30. The number of halogens is 3. The summed E-state index contributed by atoms with van der Waals surface area (Å²) in [6, 6.07) is 4.91. The number of benzene rings is 1. The van der Waals surface area contributed by atoms with Crippen molar-refractivity contribution in [3.05, 3.63) is 58.7 Å². The number of nitriles is 1. The maximum absolute atomic E-state index is 14.2. The van der Waals surface area contributed by atoms with E-state index in [-0.39, 0.29) is 36.2 Å². The fourth-order valence-electron chi connectivity index (χ4n) is 6.45. The Labute approximate surface area is 404 Å². The Morgan fingerprint density at radius 1 is 0.985 bits per heavy atom. The van der Waals surface area contributed by atoms with Crippen LogP contribution in [-0.4, -0.2) is 130 Å². The number of thioether (sulfide) groups is 1. The van der Waals surface area contributed by atoms with Crippen molar-refractivity contribution in [2.75, 3.05) is 39.4 Å². The van der Waals surface area contributed by atoms with Crippen LogP contribution in [0.4, 0.5) is 0 Å². The third kappa shape index (κ3) is 20.7. The first kappa shape index (κ1) is 59.2. The number of likely N-dealkylation sites (N-methyl/N-ethyl adjacent to an activating group) is 2. The summed E-state index contributed by atoms with van der Waals surface area (Å²) >= 11 is 18.7. The van der Waals surface area contributed by atoms with E-state index in [1.807, 2.05) is 59.9 Å². The van der Waals surface area contributed by atoms with Crippen LogP contribution in [0.15, 0.2) is 47.6 Å². The van der Waals surface area contributed by atoms with Gasteiger partial charge in [0.15, 0.2) is 6.10 Å². The number of hydrogen-bond donors (Lipinski definition) is 3. The number of carbonyl (C=O) groups excluding carboxylic acids is 6. The molecule has 0 bridgehead atoms. The van der Waals surface area contributed by atoms with E-state index < -0.39 is 88.9 Å². The van der Waals surface area contributed by atoms with Crippen LogP contribution >= 0.6 is 46.6 Å². The smallest absolute Gasteiger partial charge is 0.334 e. The maximum Gasteiger partial charge on any atom is 0.334 e. The molecule has 15 nitrogen and oxygen atoms in total. The van der Waals surface area contributed by atoms with Gasteiger partial charge in [-0.1, -0.05) is 100 Å². The van der Waals surface area contributed by atoms with Crippen LogP contribution in [0.2, 0.25) is 0 Å². The van der Waals surface area contributed by atoms with Gasteiger partial charge in [-0.05, 0) is 81.9 Å². The zero-order chi connectivity index (χ0) is 49.8. The number of alkyl halides is 3. The standard InChI is InChI=1S/C46H68Cl3N5O10S/c1-13-28(5)39(45(61)62-25-46(47,48)49)52-38(55)24-53(10)43(59)35(22-33-16-18-34(23-50)19-17-33)54(11)42(58)32(9)51-41(57)37(21-27(3)4)64-44(60)30(7)15-20-36(63-26-65-12)31(8)40(56)29(6)14-2/h14-19,27-28,31-32,35-37,39-40,56H,13,20-22,24-26H2,1-12H3,(H,51,57)(H,52,55)/b29-14+,30-15+/t28-,31+,32+,35-,36+,37-,39+,40-/m1/s1. The van der Waals surface area contributed by atoms with Crippen LogP contribution in [0.1, 0.15) is 92.7 Å². The lowest BCUT2D eigenvalue weighted by atomic mass is 9.90. The second-order valence-electron chi connectivity index (χ2n) is 16.7. The second-order valence-corrected chi connectivity index (χ2v) is 20.0. The van der Waals surface area contributed by atoms with Gasteiger partial charge in [-0.25, -0.2) is 9.59 Å². The summed E-state index contributed by atoms with van der Waals surface area (Å²) in [6.45, 7) is 14.7. The van der Waals surface area contributed by atoms with Crippen LogP contribution < -0.4 is 10.6 Å². The number of aliphatic hydroxyl groups is 1. The molecule has 1 aromatic carbocycles. The van der Waals surface area contributed by atoms with Gasteiger partial charge in [-0.3, -0.25) is 19.2 Å². The molecule has 0 heterocycles. The number of aliphatic hydroxyl groups excluding tert-OH is 1. The summed E-state index contributed by atoms with van der Waals surface area (Å²) in [4.78, 5) is 83.9. The molecule has 0 saturated heterocycles. The Morgan fingerprint density at radius 2 is 1.60 bits per heavy atom. The lowest BCUT2D eigenvalue weighted by Gasteiger charge is -2.33. The normalized spacial score (nSPS) is 15.8. The molecule has 0 fully saturated rings. The molecule has 8 atom stereocenters. The minimum atomic E-state index is -1.87. The fourth-order valence-corrected chi connectivity index (χ4v) is 6.92. The van der Waals surface area contributed by atoms with Gasteiger partial charge >= 0.3 is 11.9 Å². The van der Waals surface area contributed by atoms with Gasteiger partial charge < -0.3 is 39.8 Å². The van der Waals surface area contributed by atoms with Gasteiger partial charge in [-0.15, -0.1) is 11.8 Å². The summed E-state index contributed by atoms with van der Waals surface area (Å²) in [5.41, 5.74) is 2.00. The minimum Gasteiger partial charge on any atom is -0.460 e. The van der Waals surface area contributed by atoms with Crippen LogP contribution in [0.3, 0.4) is 0 Å². The average molecular weight is 990 g/mol. The molecule has 19 heteroatoms. The topological polar surface area (TPSA) is 205 Å². The fraction of sp³-hybridized carbons (Fsp3) is 0.630. The molecule has 0 unspecified atom stereocenters. The molecule has 0 radical (unpaired) electrons. The van der Waals surface area contributed by atoms with Crippen LogP contribution in [-0.2, 0) is 49.4 Å². The van der Waals surface area contributed by atoms with Crippen molar-refractivity contribution >= 4 is 82.1 Å². The number of rotatable bonds is 26. The zero-order valence-corrected chi connectivity index (χ0v) is 42.7. The summed E-state index contributed by atoms with van der Waals surface area (Å²) in [7, 11) is 2.75. The first-order chi connectivity index (χ1) is 30.3. The Balaban J connectivity index is 3.32. The van der Waals surface area contributed by atoms with E-state index in [1.54, 1.807) is 44.2 Å². The Bertz CT molecular complexity index is 1850. The Kier molecular flexibility index (Phi) is 26.4. The van der Waals surface area contributed by atoms with Gasteiger partial charge in [-0.2, -0.15) is 5.26 Å². The summed E-state index contributed by atoms with van der Waals surface area (Å²) in [5, 5.41) is 25.4. The van der Waals surface area contributed by atoms with E-state index in [9.17, 15) is 39.1 Å². The molecule has 364 valence electrons. The maximum atomic E-state index is 14.2. The van der Waals surface area contributed by atoms with E-state index in [2.05, 4.69) is 10.6 Å². The molecule has 1 rings (SSSR count). The Hall–Kier alpha value is -3.85. The molecule has 4 amide bonds. The van der Waals surface area contributed by atoms with Crippen LogP contribution in [0, 0.1) is 29.1 Å². The van der Waals surface area contributed by atoms with Gasteiger partial charge in [0.2, 0.25) is 21.5 Å². The quantitative estimate of drug-likeness (QED) is 0.0308. The monoisotopic (exact) mass is 987 g/mol. The highest BCUT2D eigenvalue weighted by molar-refractivity contribution is 7.98. The summed E-state index contributed by atoms with van der Waals surface area (Å²) in [6.07, 6.45) is 3.83. The molecule has 0 saturated carbocycles. The number of nitrogens with one attached hydrogen (secondary N) is 2. The Morgan fingerprint density at radius 3 is 2.12 bits per heavy atom. The number of nitrogens with zero attached hydrogens (tertiary/aromatic N) is 3. The van der Waals surface area contributed by atoms with Gasteiger partial charge in [0, 0.05) is 32.0 Å². The molecule has 3 N–H and O–H groups in total. The van der Waals surface area contributed by atoms with Crippen molar-refractivity contribution in [1.82, 2.24) is 20.4 Å². The number of hydrogen-bond acceptors (Lipinski definition) is 12. The third-order valence-electron chi connectivity index (χ3n) is 10.9. The van der Waals surface area contributed by atoms with Crippen molar-refractivity contribution in [2.45, 2.75) is 128 Å². The molecule has 0 aromatic heterocycles.